The molecule has 0 aliphatic heterocycles. The molecular formula is C27H24N2O3. The van der Waals surface area contributed by atoms with Crippen LogP contribution in [0, 0.1) is 11.8 Å². The van der Waals surface area contributed by atoms with E-state index in [1.54, 1.807) is 18.2 Å². The van der Waals surface area contributed by atoms with E-state index < -0.39 is 6.09 Å². The number of carbonyl (C=O) groups excluding carboxylic acids is 2. The van der Waals surface area contributed by atoms with Gasteiger partial charge in [-0.1, -0.05) is 60.4 Å². The average molecular weight is 425 g/mol. The highest BCUT2D eigenvalue weighted by Crippen LogP contribution is 2.44. The van der Waals surface area contributed by atoms with Gasteiger partial charge in [0.05, 0.1) is 0 Å². The number of carbonyl (C=O) groups is 2. The summed E-state index contributed by atoms with van der Waals surface area (Å²) in [5, 5.41) is 2.74. The molecule has 0 fully saturated rings. The molecule has 5 nitrogen and oxygen atoms in total. The quantitative estimate of drug-likeness (QED) is 0.268. The van der Waals surface area contributed by atoms with E-state index in [0.717, 1.165) is 0 Å². The predicted octanol–water partition coefficient (Wildman–Crippen LogP) is 4.75. The Hall–Kier alpha value is -4.04. The number of hydrogen-bond acceptors (Lipinski definition) is 4. The molecule has 1 amide bonds. The van der Waals surface area contributed by atoms with Crippen LogP contribution in [0.4, 0.5) is 10.5 Å². The summed E-state index contributed by atoms with van der Waals surface area (Å²) >= 11 is 0. The van der Waals surface area contributed by atoms with Crippen molar-refractivity contribution in [3.8, 4) is 23.0 Å². The van der Waals surface area contributed by atoms with Crippen molar-refractivity contribution in [3.05, 3.63) is 89.0 Å². The maximum Gasteiger partial charge on any atom is 0.407 e. The minimum Gasteiger partial charge on any atom is -0.449 e. The zero-order valence-electron chi connectivity index (χ0n) is 17.9. The van der Waals surface area contributed by atoms with E-state index in [4.69, 9.17) is 10.5 Å². The van der Waals surface area contributed by atoms with Gasteiger partial charge in [0.1, 0.15) is 6.61 Å². The van der Waals surface area contributed by atoms with E-state index in [0.29, 0.717) is 29.8 Å². The van der Waals surface area contributed by atoms with E-state index in [9.17, 15) is 9.59 Å². The molecule has 32 heavy (non-hydrogen) atoms. The molecule has 5 heteroatoms. The van der Waals surface area contributed by atoms with Gasteiger partial charge in [0, 0.05) is 35.7 Å². The molecule has 3 N–H and O–H groups in total. The van der Waals surface area contributed by atoms with Gasteiger partial charge in [-0.15, -0.1) is 0 Å². The van der Waals surface area contributed by atoms with Crippen LogP contribution in [0.2, 0.25) is 0 Å². The molecule has 0 aromatic heterocycles. The van der Waals surface area contributed by atoms with Crippen molar-refractivity contribution in [1.82, 2.24) is 5.32 Å². The van der Waals surface area contributed by atoms with Crippen molar-refractivity contribution in [2.75, 3.05) is 18.9 Å². The molecular weight excluding hydrogens is 400 g/mol. The number of hydrogen-bond donors (Lipinski definition) is 2. The summed E-state index contributed by atoms with van der Waals surface area (Å²) in [7, 11) is 0. The third-order valence-corrected chi connectivity index (χ3v) is 5.53. The standard InChI is InChI=1S/C27H24N2O3/c1-18(30)24-16-19(13-14-26(24)28)8-6-7-15-29-27(31)32-17-25-22-11-4-2-9-20(22)21-10-3-5-12-23(21)25/h2-5,9-14,16,25H,7,15,17,28H2,1H3,(H,29,31). The van der Waals surface area contributed by atoms with Crippen LogP contribution < -0.4 is 11.1 Å². The largest absolute Gasteiger partial charge is 0.449 e. The highest BCUT2D eigenvalue weighted by Gasteiger charge is 2.28. The van der Waals surface area contributed by atoms with Crippen molar-refractivity contribution in [2.24, 2.45) is 0 Å². The molecule has 1 aliphatic rings. The molecule has 0 heterocycles. The number of anilines is 1. The topological polar surface area (TPSA) is 81.4 Å². The summed E-state index contributed by atoms with van der Waals surface area (Å²) in [5.74, 6) is 5.92. The van der Waals surface area contributed by atoms with Crippen molar-refractivity contribution >= 4 is 17.6 Å². The van der Waals surface area contributed by atoms with E-state index in [2.05, 4.69) is 41.4 Å². The number of ketones is 1. The van der Waals surface area contributed by atoms with Gasteiger partial charge in [-0.25, -0.2) is 4.79 Å². The first-order valence-electron chi connectivity index (χ1n) is 10.5. The minimum absolute atomic E-state index is 0.0360. The van der Waals surface area contributed by atoms with Crippen molar-refractivity contribution in [3.63, 3.8) is 0 Å². The zero-order valence-corrected chi connectivity index (χ0v) is 17.9. The smallest absolute Gasteiger partial charge is 0.407 e. The molecule has 0 radical (unpaired) electrons. The van der Waals surface area contributed by atoms with Crippen LogP contribution in [0.1, 0.15) is 46.3 Å². The van der Waals surface area contributed by atoms with Gasteiger partial charge in [-0.3, -0.25) is 4.79 Å². The lowest BCUT2D eigenvalue weighted by molar-refractivity contribution is 0.101. The first-order valence-corrected chi connectivity index (χ1v) is 10.5. The van der Waals surface area contributed by atoms with Crippen LogP contribution in [0.3, 0.4) is 0 Å². The number of ether oxygens (including phenoxy) is 1. The summed E-state index contributed by atoms with van der Waals surface area (Å²) in [6.07, 6.45) is 0.00396. The van der Waals surface area contributed by atoms with E-state index >= 15 is 0 Å². The molecule has 0 unspecified atom stereocenters. The summed E-state index contributed by atoms with van der Waals surface area (Å²) in [4.78, 5) is 23.8. The molecule has 1 aliphatic carbocycles. The Morgan fingerprint density at radius 1 is 1.00 bits per heavy atom. The molecule has 0 bridgehead atoms. The molecule has 0 saturated carbocycles. The first kappa shape index (κ1) is 21.2. The zero-order chi connectivity index (χ0) is 22.5. The number of rotatable bonds is 5. The number of amides is 1. The second-order valence-corrected chi connectivity index (χ2v) is 7.66. The lowest BCUT2D eigenvalue weighted by Crippen LogP contribution is -2.26. The minimum atomic E-state index is -0.458. The molecule has 0 saturated heterocycles. The van der Waals surface area contributed by atoms with Crippen LogP contribution in [-0.2, 0) is 4.74 Å². The Labute approximate surface area is 187 Å². The summed E-state index contributed by atoms with van der Waals surface area (Å²) in [6, 6.07) is 21.6. The fourth-order valence-corrected chi connectivity index (χ4v) is 3.98. The van der Waals surface area contributed by atoms with E-state index in [1.165, 1.54) is 29.2 Å². The third-order valence-electron chi connectivity index (χ3n) is 5.53. The average Bonchev–Trinajstić information content (AvgIpc) is 3.12. The maximum atomic E-state index is 12.2. The van der Waals surface area contributed by atoms with Crippen LogP contribution in [0.25, 0.3) is 11.1 Å². The molecule has 3 aromatic carbocycles. The predicted molar refractivity (Wildman–Crippen MR) is 125 cm³/mol. The fraction of sp³-hybridized carbons (Fsp3) is 0.185. The summed E-state index contributed by atoms with van der Waals surface area (Å²) in [5.41, 5.74) is 12.2. The first-order chi connectivity index (χ1) is 15.5. The summed E-state index contributed by atoms with van der Waals surface area (Å²) in [6.45, 7) is 2.13. The molecule has 4 rings (SSSR count). The van der Waals surface area contributed by atoms with E-state index in [-0.39, 0.29) is 18.3 Å². The number of nitrogens with one attached hydrogen (secondary N) is 1. The van der Waals surface area contributed by atoms with Gasteiger partial charge in [0.2, 0.25) is 0 Å². The Morgan fingerprint density at radius 2 is 1.66 bits per heavy atom. The van der Waals surface area contributed by atoms with Gasteiger partial charge < -0.3 is 15.8 Å². The SMILES string of the molecule is CC(=O)c1cc(C#CCCNC(=O)OCC2c3ccccc3-c3ccccc32)ccc1N. The number of alkyl carbamates (subject to hydrolysis) is 1. The van der Waals surface area contributed by atoms with Crippen LogP contribution >= 0.6 is 0 Å². The fourth-order valence-electron chi connectivity index (χ4n) is 3.98. The monoisotopic (exact) mass is 424 g/mol. The number of benzene rings is 3. The van der Waals surface area contributed by atoms with Gasteiger partial charge in [-0.05, 0) is 47.4 Å². The second-order valence-electron chi connectivity index (χ2n) is 7.66. The number of Topliss-reactive ketones (excluding diaryl/α,β-unsaturated/α-hetero) is 1. The van der Waals surface area contributed by atoms with Gasteiger partial charge in [0.15, 0.2) is 5.78 Å². The lowest BCUT2D eigenvalue weighted by Gasteiger charge is -2.14. The third kappa shape index (κ3) is 4.50. The highest BCUT2D eigenvalue weighted by molar-refractivity contribution is 5.99. The highest BCUT2D eigenvalue weighted by atomic mass is 16.5. The van der Waals surface area contributed by atoms with Crippen molar-refractivity contribution in [1.29, 1.82) is 0 Å². The van der Waals surface area contributed by atoms with Gasteiger partial charge in [0.25, 0.3) is 0 Å². The Kier molecular flexibility index (Phi) is 6.23. The second kappa shape index (κ2) is 9.40. The Bertz CT molecular complexity index is 1190. The Balaban J connectivity index is 1.29. The molecule has 3 aromatic rings. The molecule has 0 spiro atoms. The van der Waals surface area contributed by atoms with E-state index in [1.807, 2.05) is 24.3 Å². The van der Waals surface area contributed by atoms with Crippen LogP contribution in [-0.4, -0.2) is 25.0 Å². The number of nitrogens with two attached hydrogens (primary N) is 1. The Morgan fingerprint density at radius 3 is 2.31 bits per heavy atom. The number of nitrogen functional groups attached to an aromatic ring is 1. The van der Waals surface area contributed by atoms with Crippen LogP contribution in [0.15, 0.2) is 66.7 Å². The van der Waals surface area contributed by atoms with Gasteiger partial charge >= 0.3 is 6.09 Å². The normalized spacial score (nSPS) is 11.7. The molecule has 160 valence electrons. The van der Waals surface area contributed by atoms with Crippen molar-refractivity contribution in [2.45, 2.75) is 19.3 Å². The van der Waals surface area contributed by atoms with Crippen LogP contribution in [0.5, 0.6) is 0 Å². The maximum absolute atomic E-state index is 12.2. The van der Waals surface area contributed by atoms with Crippen molar-refractivity contribution < 1.29 is 14.3 Å². The molecule has 0 atom stereocenters. The summed E-state index contributed by atoms with van der Waals surface area (Å²) < 4.78 is 5.51. The van der Waals surface area contributed by atoms with Gasteiger partial charge in [-0.2, -0.15) is 0 Å². The lowest BCUT2D eigenvalue weighted by atomic mass is 9.98. The number of fused-ring (bicyclic) bond motifs is 3.